The third-order valence-corrected chi connectivity index (χ3v) is 3.22. The molecule has 3 N–H and O–H groups in total. The van der Waals surface area contributed by atoms with E-state index in [1.807, 2.05) is 0 Å². The Hall–Kier alpha value is -0.120. The predicted octanol–water partition coefficient (Wildman–Crippen LogP) is 1.52. The highest BCUT2D eigenvalue weighted by molar-refractivity contribution is 4.80. The molecule has 0 spiro atoms. The van der Waals surface area contributed by atoms with E-state index in [0.29, 0.717) is 12.0 Å². The Morgan fingerprint density at radius 1 is 1.40 bits per heavy atom. The van der Waals surface area contributed by atoms with Gasteiger partial charge in [0.15, 0.2) is 0 Å². The van der Waals surface area contributed by atoms with Crippen molar-refractivity contribution >= 4 is 0 Å². The number of hydrogen-bond acceptors (Lipinski definition) is 3. The van der Waals surface area contributed by atoms with Gasteiger partial charge in [-0.1, -0.05) is 26.2 Å². The maximum atomic E-state index is 5.92. The maximum absolute atomic E-state index is 5.92. The molecule has 0 aromatic heterocycles. The molecular formula is C12H26N2O. The SMILES string of the molecule is CCCCCC(C)NCC1COCC1N. The van der Waals surface area contributed by atoms with Crippen LogP contribution in [-0.2, 0) is 4.74 Å². The zero-order chi connectivity index (χ0) is 11.1. The van der Waals surface area contributed by atoms with Crippen molar-refractivity contribution in [3.63, 3.8) is 0 Å². The first-order chi connectivity index (χ1) is 7.24. The molecule has 15 heavy (non-hydrogen) atoms. The average Bonchev–Trinajstić information content (AvgIpc) is 2.61. The Morgan fingerprint density at radius 2 is 2.20 bits per heavy atom. The molecule has 0 aromatic carbocycles. The lowest BCUT2D eigenvalue weighted by molar-refractivity contribution is 0.183. The molecule has 1 aliphatic heterocycles. The summed E-state index contributed by atoms with van der Waals surface area (Å²) in [5.74, 6) is 0.513. The van der Waals surface area contributed by atoms with Crippen LogP contribution in [0.1, 0.15) is 39.5 Å². The van der Waals surface area contributed by atoms with Crippen LogP contribution >= 0.6 is 0 Å². The Bertz CT molecular complexity index is 164. The molecule has 0 radical (unpaired) electrons. The summed E-state index contributed by atoms with van der Waals surface area (Å²) in [5, 5.41) is 3.55. The molecule has 1 aliphatic rings. The molecule has 0 aromatic rings. The van der Waals surface area contributed by atoms with Gasteiger partial charge < -0.3 is 15.8 Å². The fourth-order valence-electron chi connectivity index (χ4n) is 1.98. The second-order valence-electron chi connectivity index (χ2n) is 4.77. The number of hydrogen-bond donors (Lipinski definition) is 2. The molecule has 90 valence electrons. The molecule has 1 fully saturated rings. The van der Waals surface area contributed by atoms with Gasteiger partial charge in [0.2, 0.25) is 0 Å². The normalized spacial score (nSPS) is 28.2. The van der Waals surface area contributed by atoms with Gasteiger partial charge in [0, 0.05) is 24.5 Å². The van der Waals surface area contributed by atoms with Crippen LogP contribution in [0.5, 0.6) is 0 Å². The van der Waals surface area contributed by atoms with Gasteiger partial charge in [-0.05, 0) is 13.3 Å². The summed E-state index contributed by atoms with van der Waals surface area (Å²) in [7, 11) is 0. The highest BCUT2D eigenvalue weighted by Gasteiger charge is 2.24. The third-order valence-electron chi connectivity index (χ3n) is 3.22. The van der Waals surface area contributed by atoms with E-state index < -0.39 is 0 Å². The second-order valence-corrected chi connectivity index (χ2v) is 4.77. The van der Waals surface area contributed by atoms with E-state index in [9.17, 15) is 0 Å². The Labute approximate surface area is 93.8 Å². The largest absolute Gasteiger partial charge is 0.379 e. The summed E-state index contributed by atoms with van der Waals surface area (Å²) < 4.78 is 5.34. The minimum absolute atomic E-state index is 0.236. The van der Waals surface area contributed by atoms with Gasteiger partial charge in [-0.3, -0.25) is 0 Å². The minimum atomic E-state index is 0.236. The smallest absolute Gasteiger partial charge is 0.0621 e. The molecule has 3 heteroatoms. The number of nitrogens with one attached hydrogen (secondary N) is 1. The highest BCUT2D eigenvalue weighted by Crippen LogP contribution is 2.11. The number of nitrogens with two attached hydrogens (primary N) is 1. The van der Waals surface area contributed by atoms with Gasteiger partial charge in [-0.15, -0.1) is 0 Å². The Balaban J connectivity index is 2.03. The maximum Gasteiger partial charge on any atom is 0.0621 e. The molecule has 0 amide bonds. The number of unbranched alkanes of at least 4 members (excludes halogenated alkanes) is 2. The molecule has 0 bridgehead atoms. The summed E-state index contributed by atoms with van der Waals surface area (Å²) in [6.45, 7) is 7.07. The Kier molecular flexibility index (Phi) is 6.22. The summed E-state index contributed by atoms with van der Waals surface area (Å²) >= 11 is 0. The van der Waals surface area contributed by atoms with Gasteiger partial charge in [0.25, 0.3) is 0 Å². The van der Waals surface area contributed by atoms with Crippen molar-refractivity contribution in [2.45, 2.75) is 51.6 Å². The fourth-order valence-corrected chi connectivity index (χ4v) is 1.98. The van der Waals surface area contributed by atoms with Crippen LogP contribution in [0.4, 0.5) is 0 Å². The fraction of sp³-hybridized carbons (Fsp3) is 1.00. The molecule has 3 unspecified atom stereocenters. The molecule has 0 aliphatic carbocycles. The zero-order valence-corrected chi connectivity index (χ0v) is 10.2. The summed E-state index contributed by atoms with van der Waals surface area (Å²) in [6.07, 6.45) is 5.25. The zero-order valence-electron chi connectivity index (χ0n) is 10.2. The lowest BCUT2D eigenvalue weighted by Crippen LogP contribution is -2.39. The first-order valence-corrected chi connectivity index (χ1v) is 6.30. The second kappa shape index (κ2) is 7.20. The van der Waals surface area contributed by atoms with Crippen molar-refractivity contribution in [1.82, 2.24) is 5.32 Å². The van der Waals surface area contributed by atoms with Crippen molar-refractivity contribution in [1.29, 1.82) is 0 Å². The molecule has 1 rings (SSSR count). The lowest BCUT2D eigenvalue weighted by Gasteiger charge is -2.18. The van der Waals surface area contributed by atoms with Crippen molar-refractivity contribution in [2.75, 3.05) is 19.8 Å². The van der Waals surface area contributed by atoms with Crippen LogP contribution in [0.2, 0.25) is 0 Å². The highest BCUT2D eigenvalue weighted by atomic mass is 16.5. The van der Waals surface area contributed by atoms with E-state index in [0.717, 1.165) is 19.8 Å². The van der Waals surface area contributed by atoms with Crippen LogP contribution in [0.3, 0.4) is 0 Å². The summed E-state index contributed by atoms with van der Waals surface area (Å²) in [6, 6.07) is 0.852. The molecule has 1 heterocycles. The van der Waals surface area contributed by atoms with Crippen molar-refractivity contribution in [3.8, 4) is 0 Å². The summed E-state index contributed by atoms with van der Waals surface area (Å²) in [4.78, 5) is 0. The first-order valence-electron chi connectivity index (χ1n) is 6.30. The monoisotopic (exact) mass is 214 g/mol. The van der Waals surface area contributed by atoms with Crippen LogP contribution in [-0.4, -0.2) is 31.8 Å². The molecule has 0 saturated carbocycles. The molecule has 3 atom stereocenters. The molecule has 3 nitrogen and oxygen atoms in total. The molecule has 1 saturated heterocycles. The van der Waals surface area contributed by atoms with Gasteiger partial charge in [-0.2, -0.15) is 0 Å². The summed E-state index contributed by atoms with van der Waals surface area (Å²) in [5.41, 5.74) is 5.92. The van der Waals surface area contributed by atoms with Gasteiger partial charge in [0.1, 0.15) is 0 Å². The van der Waals surface area contributed by atoms with Crippen LogP contribution in [0, 0.1) is 5.92 Å². The van der Waals surface area contributed by atoms with E-state index in [-0.39, 0.29) is 6.04 Å². The predicted molar refractivity (Wildman–Crippen MR) is 63.9 cm³/mol. The third kappa shape index (κ3) is 4.96. The molecular weight excluding hydrogens is 188 g/mol. The van der Waals surface area contributed by atoms with E-state index >= 15 is 0 Å². The van der Waals surface area contributed by atoms with Crippen LogP contribution < -0.4 is 11.1 Å². The average molecular weight is 214 g/mol. The van der Waals surface area contributed by atoms with Crippen molar-refractivity contribution in [2.24, 2.45) is 11.7 Å². The topological polar surface area (TPSA) is 47.3 Å². The first kappa shape index (κ1) is 12.9. The Morgan fingerprint density at radius 3 is 2.80 bits per heavy atom. The van der Waals surface area contributed by atoms with Crippen molar-refractivity contribution < 1.29 is 4.74 Å². The standard InChI is InChI=1S/C12H26N2O/c1-3-4-5-6-10(2)14-7-11-8-15-9-12(11)13/h10-12,14H,3-9,13H2,1-2H3. The lowest BCUT2D eigenvalue weighted by atomic mass is 10.0. The van der Waals surface area contributed by atoms with Crippen LogP contribution in [0.25, 0.3) is 0 Å². The van der Waals surface area contributed by atoms with Crippen LogP contribution in [0.15, 0.2) is 0 Å². The van der Waals surface area contributed by atoms with E-state index in [1.54, 1.807) is 0 Å². The number of ether oxygens (including phenoxy) is 1. The van der Waals surface area contributed by atoms with Gasteiger partial charge >= 0.3 is 0 Å². The van der Waals surface area contributed by atoms with E-state index in [1.165, 1.54) is 25.7 Å². The minimum Gasteiger partial charge on any atom is -0.379 e. The van der Waals surface area contributed by atoms with Gasteiger partial charge in [-0.25, -0.2) is 0 Å². The quantitative estimate of drug-likeness (QED) is 0.632. The van der Waals surface area contributed by atoms with Gasteiger partial charge in [0.05, 0.1) is 13.2 Å². The van der Waals surface area contributed by atoms with E-state index in [4.69, 9.17) is 10.5 Å². The van der Waals surface area contributed by atoms with Crippen molar-refractivity contribution in [3.05, 3.63) is 0 Å². The number of rotatable bonds is 7. The van der Waals surface area contributed by atoms with E-state index in [2.05, 4.69) is 19.2 Å².